The normalized spacial score (nSPS) is 19.3. The highest BCUT2D eigenvalue weighted by Crippen LogP contribution is 2.40. The Hall–Kier alpha value is -0.610. The molecule has 3 N–H and O–H groups in total. The Kier molecular flexibility index (Phi) is 5.40. The first-order valence-electron chi connectivity index (χ1n) is 6.88. The largest absolute Gasteiger partial charge is 0.368 e. The van der Waals surface area contributed by atoms with Crippen molar-refractivity contribution in [1.82, 2.24) is 10.2 Å². The van der Waals surface area contributed by atoms with E-state index in [-0.39, 0.29) is 5.91 Å². The van der Waals surface area contributed by atoms with Crippen LogP contribution in [0.2, 0.25) is 0 Å². The smallest absolute Gasteiger partial charge is 0.239 e. The van der Waals surface area contributed by atoms with Gasteiger partial charge >= 0.3 is 0 Å². The number of nitrogens with two attached hydrogens (primary N) is 1. The van der Waals surface area contributed by atoms with Crippen molar-refractivity contribution in [1.29, 1.82) is 0 Å². The van der Waals surface area contributed by atoms with Crippen molar-refractivity contribution in [2.75, 3.05) is 26.2 Å². The number of primary amides is 1. The van der Waals surface area contributed by atoms with Gasteiger partial charge in [0.25, 0.3) is 0 Å². The maximum absolute atomic E-state index is 11.9. The average molecular weight is 241 g/mol. The number of likely N-dealkylation sites (N-methyl/N-ethyl adjacent to an activating group) is 1. The Morgan fingerprint density at radius 3 is 2.29 bits per heavy atom. The highest BCUT2D eigenvalue weighted by atomic mass is 16.1. The molecule has 1 amide bonds. The number of hydrogen-bond donors (Lipinski definition) is 2. The van der Waals surface area contributed by atoms with Crippen LogP contribution in [-0.4, -0.2) is 42.5 Å². The molecule has 0 radical (unpaired) electrons. The first-order valence-corrected chi connectivity index (χ1v) is 6.88. The van der Waals surface area contributed by atoms with Crippen molar-refractivity contribution in [3.05, 3.63) is 0 Å². The average Bonchev–Trinajstić information content (AvgIpc) is 3.14. The van der Waals surface area contributed by atoms with Crippen LogP contribution in [-0.2, 0) is 4.79 Å². The summed E-state index contributed by atoms with van der Waals surface area (Å²) < 4.78 is 0. The summed E-state index contributed by atoms with van der Waals surface area (Å²) in [6.07, 6.45) is 3.28. The monoisotopic (exact) mass is 241 g/mol. The third kappa shape index (κ3) is 3.42. The number of carbonyl (C=O) groups excluding carboxylic acids is 1. The van der Waals surface area contributed by atoms with Crippen LogP contribution >= 0.6 is 0 Å². The van der Waals surface area contributed by atoms with Gasteiger partial charge in [-0.25, -0.2) is 0 Å². The van der Waals surface area contributed by atoms with E-state index in [0.717, 1.165) is 45.4 Å². The molecule has 1 aliphatic rings. The third-order valence-corrected chi connectivity index (χ3v) is 3.77. The second-order valence-corrected chi connectivity index (χ2v) is 5.00. The molecule has 0 bridgehead atoms. The van der Waals surface area contributed by atoms with Crippen molar-refractivity contribution in [2.45, 2.75) is 45.6 Å². The molecular formula is C13H27N3O. The van der Waals surface area contributed by atoms with Gasteiger partial charge in [0.15, 0.2) is 0 Å². The SMILES string of the molecule is CCCNC(CN(CC)CC)(C(N)=O)C1CC1. The summed E-state index contributed by atoms with van der Waals surface area (Å²) in [4.78, 5) is 14.2. The van der Waals surface area contributed by atoms with Crippen LogP contribution in [0.5, 0.6) is 0 Å². The first-order chi connectivity index (χ1) is 8.10. The van der Waals surface area contributed by atoms with Crippen LogP contribution in [0.3, 0.4) is 0 Å². The van der Waals surface area contributed by atoms with Gasteiger partial charge in [0, 0.05) is 6.54 Å². The lowest BCUT2D eigenvalue weighted by Gasteiger charge is -2.36. The van der Waals surface area contributed by atoms with Crippen molar-refractivity contribution in [3.63, 3.8) is 0 Å². The molecule has 0 aromatic rings. The molecule has 0 aromatic carbocycles. The van der Waals surface area contributed by atoms with Gasteiger partial charge in [-0.15, -0.1) is 0 Å². The molecule has 0 heterocycles. The van der Waals surface area contributed by atoms with E-state index in [2.05, 4.69) is 31.0 Å². The van der Waals surface area contributed by atoms with Gasteiger partial charge in [0.2, 0.25) is 5.91 Å². The van der Waals surface area contributed by atoms with Gasteiger partial charge < -0.3 is 16.0 Å². The summed E-state index contributed by atoms with van der Waals surface area (Å²) in [5.74, 6) is 0.257. The molecule has 1 atom stereocenters. The lowest BCUT2D eigenvalue weighted by Crippen LogP contribution is -2.63. The second-order valence-electron chi connectivity index (χ2n) is 5.00. The Morgan fingerprint density at radius 1 is 1.35 bits per heavy atom. The zero-order valence-corrected chi connectivity index (χ0v) is 11.5. The van der Waals surface area contributed by atoms with Crippen LogP contribution < -0.4 is 11.1 Å². The molecule has 4 nitrogen and oxygen atoms in total. The van der Waals surface area contributed by atoms with Crippen molar-refractivity contribution >= 4 is 5.91 Å². The number of amides is 1. The highest BCUT2D eigenvalue weighted by molar-refractivity contribution is 5.86. The van der Waals surface area contributed by atoms with Gasteiger partial charge in [-0.2, -0.15) is 0 Å². The molecular weight excluding hydrogens is 214 g/mol. The van der Waals surface area contributed by atoms with E-state index in [9.17, 15) is 4.79 Å². The predicted molar refractivity (Wildman–Crippen MR) is 70.7 cm³/mol. The quantitative estimate of drug-likeness (QED) is 0.632. The third-order valence-electron chi connectivity index (χ3n) is 3.77. The van der Waals surface area contributed by atoms with E-state index in [4.69, 9.17) is 5.73 Å². The fourth-order valence-corrected chi connectivity index (χ4v) is 2.42. The van der Waals surface area contributed by atoms with E-state index in [0.29, 0.717) is 5.92 Å². The number of rotatable bonds is 9. The molecule has 4 heteroatoms. The predicted octanol–water partition coefficient (Wildman–Crippen LogP) is 0.962. The first kappa shape index (κ1) is 14.5. The van der Waals surface area contributed by atoms with Crippen molar-refractivity contribution in [2.24, 2.45) is 11.7 Å². The van der Waals surface area contributed by atoms with E-state index in [1.807, 2.05) is 0 Å². The molecule has 1 aliphatic carbocycles. The van der Waals surface area contributed by atoms with E-state index < -0.39 is 5.54 Å². The summed E-state index contributed by atoms with van der Waals surface area (Å²) in [6.45, 7) is 9.91. The molecule has 0 saturated heterocycles. The minimum atomic E-state index is -0.498. The maximum atomic E-state index is 11.9. The van der Waals surface area contributed by atoms with Crippen LogP contribution in [0.4, 0.5) is 0 Å². The second kappa shape index (κ2) is 6.36. The molecule has 0 aromatic heterocycles. The maximum Gasteiger partial charge on any atom is 0.239 e. The van der Waals surface area contributed by atoms with Gasteiger partial charge in [-0.1, -0.05) is 20.8 Å². The van der Waals surface area contributed by atoms with Crippen LogP contribution in [0.15, 0.2) is 0 Å². The number of hydrogen-bond acceptors (Lipinski definition) is 3. The van der Waals surface area contributed by atoms with Gasteiger partial charge in [-0.3, -0.25) is 4.79 Å². The van der Waals surface area contributed by atoms with Crippen molar-refractivity contribution < 1.29 is 4.79 Å². The van der Waals surface area contributed by atoms with E-state index >= 15 is 0 Å². The summed E-state index contributed by atoms with van der Waals surface area (Å²) in [7, 11) is 0. The molecule has 1 unspecified atom stereocenters. The molecule has 0 spiro atoms. The Bertz CT molecular complexity index is 249. The lowest BCUT2D eigenvalue weighted by molar-refractivity contribution is -0.126. The Balaban J connectivity index is 2.77. The topological polar surface area (TPSA) is 58.4 Å². The van der Waals surface area contributed by atoms with E-state index in [1.54, 1.807) is 0 Å². The highest BCUT2D eigenvalue weighted by Gasteiger charge is 2.49. The summed E-state index contributed by atoms with van der Waals surface area (Å²) in [5.41, 5.74) is 5.19. The summed E-state index contributed by atoms with van der Waals surface area (Å²) in [5, 5.41) is 3.43. The summed E-state index contributed by atoms with van der Waals surface area (Å²) >= 11 is 0. The molecule has 1 rings (SSSR count). The molecule has 1 saturated carbocycles. The minimum Gasteiger partial charge on any atom is -0.368 e. The summed E-state index contributed by atoms with van der Waals surface area (Å²) in [6, 6.07) is 0. The molecule has 17 heavy (non-hydrogen) atoms. The lowest BCUT2D eigenvalue weighted by atomic mass is 9.91. The van der Waals surface area contributed by atoms with Crippen LogP contribution in [0.25, 0.3) is 0 Å². The standard InChI is InChI=1S/C13H27N3O/c1-4-9-15-13(12(14)17,11-7-8-11)10-16(5-2)6-3/h11,15H,4-10H2,1-3H3,(H2,14,17). The van der Waals surface area contributed by atoms with Gasteiger partial charge in [-0.05, 0) is 44.8 Å². The minimum absolute atomic E-state index is 0.180. The fourth-order valence-electron chi connectivity index (χ4n) is 2.42. The van der Waals surface area contributed by atoms with Crippen molar-refractivity contribution in [3.8, 4) is 0 Å². The molecule has 1 fully saturated rings. The molecule has 100 valence electrons. The molecule has 0 aliphatic heterocycles. The number of carbonyl (C=O) groups is 1. The number of nitrogens with zero attached hydrogens (tertiary/aromatic N) is 1. The van der Waals surface area contributed by atoms with Crippen LogP contribution in [0.1, 0.15) is 40.0 Å². The van der Waals surface area contributed by atoms with E-state index in [1.165, 1.54) is 0 Å². The fraction of sp³-hybridized carbons (Fsp3) is 0.923. The Labute approximate surface area is 105 Å². The zero-order valence-electron chi connectivity index (χ0n) is 11.5. The van der Waals surface area contributed by atoms with Gasteiger partial charge in [0.05, 0.1) is 0 Å². The number of nitrogens with one attached hydrogen (secondary N) is 1. The zero-order chi connectivity index (χ0) is 12.9. The van der Waals surface area contributed by atoms with Crippen LogP contribution in [0, 0.1) is 5.92 Å². The Morgan fingerprint density at radius 2 is 1.94 bits per heavy atom. The van der Waals surface area contributed by atoms with Gasteiger partial charge in [0.1, 0.15) is 5.54 Å².